The minimum Gasteiger partial charge on any atom is -0.493 e. The number of H-pyrrole nitrogens is 1. The number of aromatic nitrogens is 2. The van der Waals surface area contributed by atoms with E-state index in [1.54, 1.807) is 31.5 Å². The van der Waals surface area contributed by atoms with Crippen molar-refractivity contribution in [3.05, 3.63) is 41.5 Å². The summed E-state index contributed by atoms with van der Waals surface area (Å²) in [5, 5.41) is 2.97. The van der Waals surface area contributed by atoms with E-state index >= 15 is 0 Å². The van der Waals surface area contributed by atoms with E-state index in [9.17, 15) is 4.79 Å². The van der Waals surface area contributed by atoms with Crippen molar-refractivity contribution >= 4 is 5.91 Å². The maximum absolute atomic E-state index is 12.6. The van der Waals surface area contributed by atoms with Crippen LogP contribution in [0, 0.1) is 6.92 Å². The van der Waals surface area contributed by atoms with Gasteiger partial charge in [0.05, 0.1) is 25.8 Å². The molecule has 118 valence electrons. The molecule has 0 aliphatic heterocycles. The maximum atomic E-state index is 12.6. The smallest absolute Gasteiger partial charge is 0.255 e. The summed E-state index contributed by atoms with van der Waals surface area (Å²) in [5.41, 5.74) is 1.39. The first kappa shape index (κ1) is 15.9. The first-order chi connectivity index (χ1) is 10.6. The largest absolute Gasteiger partial charge is 0.493 e. The average molecular weight is 303 g/mol. The van der Waals surface area contributed by atoms with E-state index in [0.29, 0.717) is 17.1 Å². The number of hydrogen-bond acceptors (Lipinski definition) is 4. The first-order valence-electron chi connectivity index (χ1n) is 7.14. The van der Waals surface area contributed by atoms with Gasteiger partial charge in [-0.05, 0) is 25.5 Å². The van der Waals surface area contributed by atoms with Crippen LogP contribution < -0.4 is 14.8 Å². The van der Waals surface area contributed by atoms with Crippen molar-refractivity contribution in [1.82, 2.24) is 15.3 Å². The molecule has 22 heavy (non-hydrogen) atoms. The highest BCUT2D eigenvalue weighted by atomic mass is 16.5. The van der Waals surface area contributed by atoms with E-state index in [4.69, 9.17) is 9.47 Å². The van der Waals surface area contributed by atoms with Crippen LogP contribution in [-0.2, 0) is 0 Å². The van der Waals surface area contributed by atoms with Crippen LogP contribution in [0.1, 0.15) is 41.3 Å². The Balaban J connectivity index is 2.24. The standard InChI is InChI=1S/C16H21N3O3/c1-5-12(15-17-9-10(2)18-15)19-16(20)11-7-6-8-13(21-3)14(11)22-4/h6-9,12H,5H2,1-4H3,(H,17,18)(H,19,20)/t12-/m0/s1. The monoisotopic (exact) mass is 303 g/mol. The number of nitrogens with zero attached hydrogens (tertiary/aromatic N) is 1. The molecule has 1 aromatic heterocycles. The lowest BCUT2D eigenvalue weighted by atomic mass is 10.1. The van der Waals surface area contributed by atoms with Crippen molar-refractivity contribution in [3.8, 4) is 11.5 Å². The first-order valence-corrected chi connectivity index (χ1v) is 7.14. The molecule has 1 atom stereocenters. The molecule has 2 N–H and O–H groups in total. The number of aryl methyl sites for hydroxylation is 1. The Morgan fingerprint density at radius 1 is 1.36 bits per heavy atom. The minimum absolute atomic E-state index is 0.183. The number of carbonyl (C=O) groups is 1. The van der Waals surface area contributed by atoms with Gasteiger partial charge in [-0.1, -0.05) is 13.0 Å². The van der Waals surface area contributed by atoms with Gasteiger partial charge in [-0.3, -0.25) is 4.79 Å². The molecule has 0 saturated heterocycles. The third-order valence-corrected chi connectivity index (χ3v) is 3.41. The summed E-state index contributed by atoms with van der Waals surface area (Å²) in [4.78, 5) is 20.0. The lowest BCUT2D eigenvalue weighted by Gasteiger charge is -2.17. The van der Waals surface area contributed by atoms with Crippen LogP contribution in [0.2, 0.25) is 0 Å². The molecule has 0 aliphatic rings. The summed E-state index contributed by atoms with van der Waals surface area (Å²) < 4.78 is 10.5. The molecule has 0 fully saturated rings. The van der Waals surface area contributed by atoms with Crippen LogP contribution in [0.15, 0.2) is 24.4 Å². The molecule has 0 saturated carbocycles. The van der Waals surface area contributed by atoms with Crippen molar-refractivity contribution in [3.63, 3.8) is 0 Å². The second-order valence-corrected chi connectivity index (χ2v) is 4.93. The molecular formula is C16H21N3O3. The van der Waals surface area contributed by atoms with E-state index in [1.165, 1.54) is 7.11 Å². The minimum atomic E-state index is -0.225. The number of methoxy groups -OCH3 is 2. The van der Waals surface area contributed by atoms with E-state index < -0.39 is 0 Å². The number of benzene rings is 1. The number of nitrogens with one attached hydrogen (secondary N) is 2. The summed E-state index contributed by atoms with van der Waals surface area (Å²) in [7, 11) is 3.06. The lowest BCUT2D eigenvalue weighted by molar-refractivity contribution is 0.0930. The van der Waals surface area contributed by atoms with Gasteiger partial charge in [0.15, 0.2) is 11.5 Å². The van der Waals surface area contributed by atoms with Crippen molar-refractivity contribution in [2.45, 2.75) is 26.3 Å². The van der Waals surface area contributed by atoms with Crippen molar-refractivity contribution in [2.75, 3.05) is 14.2 Å². The number of amides is 1. The molecule has 1 heterocycles. The predicted molar refractivity (Wildman–Crippen MR) is 83.4 cm³/mol. The maximum Gasteiger partial charge on any atom is 0.255 e. The van der Waals surface area contributed by atoms with Crippen LogP contribution in [0.4, 0.5) is 0 Å². The molecular weight excluding hydrogens is 282 g/mol. The van der Waals surface area contributed by atoms with Crippen LogP contribution in [0.5, 0.6) is 11.5 Å². The Hall–Kier alpha value is -2.50. The van der Waals surface area contributed by atoms with E-state index in [2.05, 4.69) is 15.3 Å². The third-order valence-electron chi connectivity index (χ3n) is 3.41. The molecule has 2 rings (SSSR count). The highest BCUT2D eigenvalue weighted by Crippen LogP contribution is 2.31. The molecule has 0 radical (unpaired) electrons. The van der Waals surface area contributed by atoms with Gasteiger partial charge in [0.25, 0.3) is 5.91 Å². The van der Waals surface area contributed by atoms with Gasteiger partial charge >= 0.3 is 0 Å². The summed E-state index contributed by atoms with van der Waals surface area (Å²) in [6, 6.07) is 5.03. The van der Waals surface area contributed by atoms with Crippen molar-refractivity contribution < 1.29 is 14.3 Å². The number of rotatable bonds is 6. The molecule has 0 spiro atoms. The number of aromatic amines is 1. The fraction of sp³-hybridized carbons (Fsp3) is 0.375. The molecule has 1 aromatic carbocycles. The number of ether oxygens (including phenoxy) is 2. The van der Waals surface area contributed by atoms with Crippen LogP contribution in [0.3, 0.4) is 0 Å². The van der Waals surface area contributed by atoms with E-state index in [1.807, 2.05) is 13.8 Å². The molecule has 1 amide bonds. The number of carbonyl (C=O) groups excluding carboxylic acids is 1. The zero-order valence-electron chi connectivity index (χ0n) is 13.3. The second-order valence-electron chi connectivity index (χ2n) is 4.93. The number of para-hydroxylation sites is 1. The van der Waals surface area contributed by atoms with Gasteiger partial charge in [-0.15, -0.1) is 0 Å². The Morgan fingerprint density at radius 3 is 2.68 bits per heavy atom. The summed E-state index contributed by atoms with van der Waals surface area (Å²) in [5.74, 6) is 1.47. The van der Waals surface area contributed by atoms with Crippen molar-refractivity contribution in [2.24, 2.45) is 0 Å². The van der Waals surface area contributed by atoms with Gasteiger partial charge < -0.3 is 19.8 Å². The van der Waals surface area contributed by atoms with Gasteiger partial charge in [-0.2, -0.15) is 0 Å². The van der Waals surface area contributed by atoms with Crippen LogP contribution >= 0.6 is 0 Å². The second kappa shape index (κ2) is 6.98. The molecule has 0 aliphatic carbocycles. The average Bonchev–Trinajstić information content (AvgIpc) is 2.97. The van der Waals surface area contributed by atoms with Crippen molar-refractivity contribution in [1.29, 1.82) is 0 Å². The summed E-state index contributed by atoms with van der Waals surface area (Å²) >= 11 is 0. The molecule has 0 bridgehead atoms. The highest BCUT2D eigenvalue weighted by Gasteiger charge is 2.21. The molecule has 6 nitrogen and oxygen atoms in total. The Bertz CT molecular complexity index is 652. The lowest BCUT2D eigenvalue weighted by Crippen LogP contribution is -2.29. The molecule has 6 heteroatoms. The SMILES string of the molecule is CC[C@H](NC(=O)c1cccc(OC)c1OC)c1ncc(C)[nH]1. The zero-order valence-corrected chi connectivity index (χ0v) is 13.3. The predicted octanol–water partition coefficient (Wildman–Crippen LogP) is 2.62. The topological polar surface area (TPSA) is 76.2 Å². The Kier molecular flexibility index (Phi) is 5.04. The quantitative estimate of drug-likeness (QED) is 0.860. The zero-order chi connectivity index (χ0) is 16.1. The molecule has 0 unspecified atom stereocenters. The number of hydrogen-bond donors (Lipinski definition) is 2. The fourth-order valence-corrected chi connectivity index (χ4v) is 2.28. The molecule has 2 aromatic rings. The van der Waals surface area contributed by atoms with E-state index in [-0.39, 0.29) is 11.9 Å². The van der Waals surface area contributed by atoms with Crippen LogP contribution in [-0.4, -0.2) is 30.1 Å². The third kappa shape index (κ3) is 3.21. The van der Waals surface area contributed by atoms with Gasteiger partial charge in [0.1, 0.15) is 5.82 Å². The van der Waals surface area contributed by atoms with Gasteiger partial charge in [0, 0.05) is 11.9 Å². The van der Waals surface area contributed by atoms with Gasteiger partial charge in [-0.25, -0.2) is 4.98 Å². The fourth-order valence-electron chi connectivity index (χ4n) is 2.28. The number of imidazole rings is 1. The summed E-state index contributed by atoms with van der Waals surface area (Å²) in [6.45, 7) is 3.92. The Morgan fingerprint density at radius 2 is 2.14 bits per heavy atom. The van der Waals surface area contributed by atoms with Gasteiger partial charge in [0.2, 0.25) is 0 Å². The van der Waals surface area contributed by atoms with Crippen LogP contribution in [0.25, 0.3) is 0 Å². The Labute approximate surface area is 129 Å². The van der Waals surface area contributed by atoms with E-state index in [0.717, 1.165) is 17.9 Å². The normalized spacial score (nSPS) is 11.8. The highest BCUT2D eigenvalue weighted by molar-refractivity contribution is 5.98. The summed E-state index contributed by atoms with van der Waals surface area (Å²) in [6.07, 6.45) is 2.47.